The molecule has 0 spiro atoms. The van der Waals surface area contributed by atoms with Crippen molar-refractivity contribution in [1.82, 2.24) is 14.8 Å². The van der Waals surface area contributed by atoms with Gasteiger partial charge in [0.2, 0.25) is 5.95 Å². The van der Waals surface area contributed by atoms with Gasteiger partial charge in [0.1, 0.15) is 17.3 Å². The summed E-state index contributed by atoms with van der Waals surface area (Å²) < 4.78 is 20.8. The Labute approximate surface area is 219 Å². The third-order valence-electron chi connectivity index (χ3n) is 6.52. The molecule has 0 atom stereocenters. The number of allylic oxidation sites excluding steroid dienone is 2. The number of ether oxygens (including phenoxy) is 1. The van der Waals surface area contributed by atoms with E-state index < -0.39 is 5.95 Å². The number of hydrogen-bond acceptors (Lipinski definition) is 5. The highest BCUT2D eigenvalue weighted by atomic mass is 19.1. The first kappa shape index (κ1) is 23.4. The molecule has 186 valence electrons. The van der Waals surface area contributed by atoms with E-state index in [0.717, 1.165) is 28.1 Å². The van der Waals surface area contributed by atoms with E-state index in [1.165, 1.54) is 10.7 Å². The van der Waals surface area contributed by atoms with Gasteiger partial charge in [-0.05, 0) is 35.4 Å². The van der Waals surface area contributed by atoms with Crippen LogP contribution in [0.15, 0.2) is 109 Å². The Hall–Kier alpha value is -5.04. The van der Waals surface area contributed by atoms with E-state index in [1.807, 2.05) is 72.8 Å². The highest BCUT2D eigenvalue weighted by Gasteiger charge is 2.33. The highest BCUT2D eigenvalue weighted by Crippen LogP contribution is 2.40. The van der Waals surface area contributed by atoms with Gasteiger partial charge in [-0.2, -0.15) is 14.2 Å². The maximum absolute atomic E-state index is 14.1. The van der Waals surface area contributed by atoms with Crippen molar-refractivity contribution in [3.63, 3.8) is 0 Å². The van der Waals surface area contributed by atoms with Gasteiger partial charge < -0.3 is 10.1 Å². The molecule has 0 unspecified atom stereocenters. The summed E-state index contributed by atoms with van der Waals surface area (Å²) in [5, 5.41) is 8.08. The minimum Gasteiger partial charge on any atom is -0.497 e. The van der Waals surface area contributed by atoms with Crippen molar-refractivity contribution in [3.05, 3.63) is 126 Å². The van der Waals surface area contributed by atoms with Gasteiger partial charge in [-0.1, -0.05) is 78.9 Å². The summed E-state index contributed by atoms with van der Waals surface area (Å²) in [7, 11) is 1.59. The molecule has 6 nitrogen and oxygen atoms in total. The molecule has 0 saturated carbocycles. The van der Waals surface area contributed by atoms with Gasteiger partial charge in [-0.3, -0.25) is 4.79 Å². The van der Waals surface area contributed by atoms with Crippen LogP contribution in [0.2, 0.25) is 0 Å². The molecule has 1 N–H and O–H groups in total. The lowest BCUT2D eigenvalue weighted by Gasteiger charge is -2.23. The number of halogens is 1. The summed E-state index contributed by atoms with van der Waals surface area (Å²) in [6.45, 7) is 0. The summed E-state index contributed by atoms with van der Waals surface area (Å²) in [6, 6.07) is 31.5. The number of methoxy groups -OCH3 is 1. The van der Waals surface area contributed by atoms with E-state index in [0.29, 0.717) is 34.8 Å². The lowest BCUT2D eigenvalue weighted by Crippen LogP contribution is -2.26. The molecule has 0 saturated heterocycles. The number of aromatic nitrogens is 3. The fraction of sp³-hybridized carbons (Fsp3) is 0.0645. The van der Waals surface area contributed by atoms with Crippen LogP contribution >= 0.6 is 0 Å². The molecule has 0 aliphatic carbocycles. The lowest BCUT2D eigenvalue weighted by atomic mass is 9.92. The molecule has 0 bridgehead atoms. The summed E-state index contributed by atoms with van der Waals surface area (Å²) >= 11 is 0. The van der Waals surface area contributed by atoms with Crippen LogP contribution in [0.4, 0.5) is 10.2 Å². The van der Waals surface area contributed by atoms with E-state index in [4.69, 9.17) is 9.84 Å². The Balaban J connectivity index is 1.56. The molecular formula is C31H23FN4O2. The molecule has 5 aromatic rings. The molecule has 3 aromatic carbocycles. The second-order valence-corrected chi connectivity index (χ2v) is 8.85. The van der Waals surface area contributed by atoms with E-state index in [2.05, 4.69) is 10.3 Å². The zero-order valence-corrected chi connectivity index (χ0v) is 20.6. The van der Waals surface area contributed by atoms with E-state index in [9.17, 15) is 9.18 Å². The Morgan fingerprint density at radius 3 is 2.16 bits per heavy atom. The van der Waals surface area contributed by atoms with Crippen molar-refractivity contribution in [2.24, 2.45) is 0 Å². The number of anilines is 1. The predicted octanol–water partition coefficient (Wildman–Crippen LogP) is 6.48. The molecule has 3 heterocycles. The van der Waals surface area contributed by atoms with Gasteiger partial charge in [0, 0.05) is 23.2 Å². The van der Waals surface area contributed by atoms with Crippen LogP contribution in [-0.4, -0.2) is 27.8 Å². The number of carbonyl (C=O) groups excluding carboxylic acids is 1. The first-order valence-electron chi connectivity index (χ1n) is 12.2. The minimum atomic E-state index is -0.606. The van der Waals surface area contributed by atoms with Crippen LogP contribution in [-0.2, 0) is 6.42 Å². The fourth-order valence-corrected chi connectivity index (χ4v) is 4.78. The van der Waals surface area contributed by atoms with Crippen LogP contribution in [0, 0.1) is 5.95 Å². The summed E-state index contributed by atoms with van der Waals surface area (Å²) in [4.78, 5) is 18.1. The van der Waals surface area contributed by atoms with Gasteiger partial charge in [-0.25, -0.2) is 4.98 Å². The van der Waals surface area contributed by atoms with Crippen molar-refractivity contribution in [1.29, 1.82) is 0 Å². The molecule has 6 rings (SSSR count). The molecule has 38 heavy (non-hydrogen) atoms. The predicted molar refractivity (Wildman–Crippen MR) is 145 cm³/mol. The zero-order chi connectivity index (χ0) is 26.1. The van der Waals surface area contributed by atoms with Crippen molar-refractivity contribution in [2.75, 3.05) is 12.4 Å². The highest BCUT2D eigenvalue weighted by molar-refractivity contribution is 6.23. The molecule has 1 aliphatic heterocycles. The van der Waals surface area contributed by atoms with Gasteiger partial charge in [0.25, 0.3) is 5.91 Å². The number of nitrogens with one attached hydrogen (secondary N) is 1. The van der Waals surface area contributed by atoms with E-state index in [1.54, 1.807) is 31.4 Å². The van der Waals surface area contributed by atoms with Gasteiger partial charge in [0.15, 0.2) is 0 Å². The number of hydrogen-bond donors (Lipinski definition) is 1. The van der Waals surface area contributed by atoms with Gasteiger partial charge in [0.05, 0.1) is 18.4 Å². The molecule has 1 aliphatic rings. The topological polar surface area (TPSA) is 69.0 Å². The average molecular weight is 503 g/mol. The zero-order valence-electron chi connectivity index (χ0n) is 20.6. The van der Waals surface area contributed by atoms with Crippen LogP contribution in [0.5, 0.6) is 5.75 Å². The second-order valence-electron chi connectivity index (χ2n) is 8.85. The normalized spacial score (nSPS) is 12.8. The molecular weight excluding hydrogens is 479 g/mol. The Morgan fingerprint density at radius 2 is 1.50 bits per heavy atom. The molecule has 7 heteroatoms. The van der Waals surface area contributed by atoms with Crippen molar-refractivity contribution in [2.45, 2.75) is 6.42 Å². The molecule has 0 radical (unpaired) electrons. The first-order valence-corrected chi connectivity index (χ1v) is 12.2. The number of carbonyl (C=O) groups is 1. The summed E-state index contributed by atoms with van der Waals surface area (Å²) in [6.07, 6.45) is 0.357. The molecule has 0 fully saturated rings. The molecule has 2 aromatic heterocycles. The van der Waals surface area contributed by atoms with E-state index in [-0.39, 0.29) is 5.91 Å². The lowest BCUT2D eigenvalue weighted by molar-refractivity contribution is 0.0958. The number of rotatable bonds is 6. The van der Waals surface area contributed by atoms with Gasteiger partial charge >= 0.3 is 0 Å². The Morgan fingerprint density at radius 1 is 0.816 bits per heavy atom. The third kappa shape index (κ3) is 4.24. The largest absolute Gasteiger partial charge is 0.497 e. The standard InChI is InChI=1S/C31H23FN4O2/c1-38-23-17-15-21(16-18-23)28-24(33-27-14-8-13-26(32)34-27)19-25-29(20-9-4-2-5-10-20)30(35-36(25)31(28)37)22-11-6-3-7-12-22/h2-18H,19H2,1H3,(H,33,34). The quantitative estimate of drug-likeness (QED) is 0.269. The third-order valence-corrected chi connectivity index (χ3v) is 6.52. The van der Waals surface area contributed by atoms with Crippen LogP contribution in [0.1, 0.15) is 16.1 Å². The maximum atomic E-state index is 14.1. The summed E-state index contributed by atoms with van der Waals surface area (Å²) in [5.74, 6) is 0.104. The van der Waals surface area contributed by atoms with Crippen LogP contribution < -0.4 is 10.1 Å². The van der Waals surface area contributed by atoms with Crippen molar-refractivity contribution >= 4 is 17.3 Å². The number of fused-ring (bicyclic) bond motifs is 1. The maximum Gasteiger partial charge on any atom is 0.280 e. The Bertz CT molecular complexity index is 1660. The smallest absolute Gasteiger partial charge is 0.280 e. The number of pyridine rings is 1. The fourth-order valence-electron chi connectivity index (χ4n) is 4.78. The first-order chi connectivity index (χ1) is 18.6. The van der Waals surface area contributed by atoms with Crippen LogP contribution in [0.3, 0.4) is 0 Å². The van der Waals surface area contributed by atoms with Crippen molar-refractivity contribution < 1.29 is 13.9 Å². The number of nitrogens with zero attached hydrogens (tertiary/aromatic N) is 3. The summed E-state index contributed by atoms with van der Waals surface area (Å²) in [5.41, 5.74) is 5.96. The van der Waals surface area contributed by atoms with Crippen molar-refractivity contribution in [3.8, 4) is 28.1 Å². The SMILES string of the molecule is COc1ccc(C2=C(Nc3cccc(F)n3)Cc3c(-c4ccccc4)c(-c4ccccc4)nn3C2=O)cc1. The van der Waals surface area contributed by atoms with Crippen LogP contribution in [0.25, 0.3) is 28.0 Å². The second kappa shape index (κ2) is 9.78. The molecule has 0 amide bonds. The Kier molecular flexibility index (Phi) is 6.01. The average Bonchev–Trinajstić information content (AvgIpc) is 3.34. The van der Waals surface area contributed by atoms with E-state index >= 15 is 0 Å². The van der Waals surface area contributed by atoms with Gasteiger partial charge in [-0.15, -0.1) is 0 Å². The number of benzene rings is 3. The minimum absolute atomic E-state index is 0.283. The monoisotopic (exact) mass is 502 g/mol.